The van der Waals surface area contributed by atoms with E-state index in [0.29, 0.717) is 0 Å². The molecule has 3 nitrogen and oxygen atoms in total. The van der Waals surface area contributed by atoms with E-state index in [1.165, 1.54) is 16.3 Å². The molecule has 0 N–H and O–H groups in total. The van der Waals surface area contributed by atoms with Gasteiger partial charge in [0.05, 0.1) is 11.0 Å². The first-order valence-corrected chi connectivity index (χ1v) is 15.3. The predicted octanol–water partition coefficient (Wildman–Crippen LogP) is 11.9. The number of hydrogen-bond donors (Lipinski definition) is 0. The van der Waals surface area contributed by atoms with Crippen LogP contribution in [0.5, 0.6) is 0 Å². The van der Waals surface area contributed by atoms with Crippen molar-refractivity contribution in [3.63, 3.8) is 0 Å². The van der Waals surface area contributed by atoms with Gasteiger partial charge in [-0.15, -0.1) is 0 Å². The third-order valence-electron chi connectivity index (χ3n) is 9.17. The summed E-state index contributed by atoms with van der Waals surface area (Å²) in [4.78, 5) is 0. The maximum atomic E-state index is 6.64. The molecule has 0 radical (unpaired) electrons. The maximum absolute atomic E-state index is 6.64. The molecule has 3 heteroatoms. The van der Waals surface area contributed by atoms with E-state index in [2.05, 4.69) is 138 Å². The first kappa shape index (κ1) is 24.4. The smallest absolute Gasteiger partial charge is 0.160 e. The molecule has 3 aromatic heterocycles. The molecule has 0 unspecified atom stereocenters. The Labute approximate surface area is 258 Å². The third kappa shape index (κ3) is 3.58. The van der Waals surface area contributed by atoms with Crippen LogP contribution in [-0.2, 0) is 0 Å². The number of rotatable bonds is 3. The number of aromatic nitrogens is 1. The van der Waals surface area contributed by atoms with E-state index in [4.69, 9.17) is 8.83 Å². The molecule has 0 atom stereocenters. The highest BCUT2D eigenvalue weighted by Gasteiger charge is 2.20. The molecule has 3 heterocycles. The average Bonchev–Trinajstić information content (AvgIpc) is 3.78. The van der Waals surface area contributed by atoms with Crippen molar-refractivity contribution >= 4 is 65.7 Å². The molecular formula is C42H25NO2. The van der Waals surface area contributed by atoms with Gasteiger partial charge in [0.1, 0.15) is 16.7 Å². The Hall–Kier alpha value is -6.06. The first-order valence-electron chi connectivity index (χ1n) is 15.3. The molecule has 0 saturated carbocycles. The van der Waals surface area contributed by atoms with Crippen molar-refractivity contribution in [2.45, 2.75) is 0 Å². The molecule has 0 aliphatic carbocycles. The van der Waals surface area contributed by atoms with Crippen molar-refractivity contribution in [3.8, 4) is 27.9 Å². The minimum atomic E-state index is 0.897. The fourth-order valence-corrected chi connectivity index (χ4v) is 7.11. The highest BCUT2D eigenvalue weighted by molar-refractivity contribution is 6.21. The molecule has 10 aromatic rings. The summed E-state index contributed by atoms with van der Waals surface area (Å²) in [7, 11) is 0. The monoisotopic (exact) mass is 575 g/mol. The zero-order valence-electron chi connectivity index (χ0n) is 24.2. The molecule has 0 saturated heterocycles. The standard InChI is InChI=1S/C42H25NO2/c1-2-10-26(11-3-1)28-22-29(27-18-21-40-36(25-27)33-14-6-8-16-38(33)44-40)24-30(23-28)43-37-15-7-4-12-31(37)34-19-20-35-32-13-5-9-17-39(32)45-42(35)41(34)43/h1-25H. The molecule has 10 rings (SSSR count). The maximum Gasteiger partial charge on any atom is 0.160 e. The molecule has 45 heavy (non-hydrogen) atoms. The van der Waals surface area contributed by atoms with Crippen molar-refractivity contribution in [1.82, 2.24) is 4.57 Å². The lowest BCUT2D eigenvalue weighted by molar-refractivity contribution is 0.669. The topological polar surface area (TPSA) is 31.2 Å². The van der Waals surface area contributed by atoms with Gasteiger partial charge in [-0.3, -0.25) is 0 Å². The molecule has 0 fully saturated rings. The summed E-state index contributed by atoms with van der Waals surface area (Å²) < 4.78 is 15.2. The van der Waals surface area contributed by atoms with Crippen molar-refractivity contribution in [3.05, 3.63) is 152 Å². The summed E-state index contributed by atoms with van der Waals surface area (Å²) in [6.45, 7) is 0. The fourth-order valence-electron chi connectivity index (χ4n) is 7.11. The van der Waals surface area contributed by atoms with Crippen LogP contribution in [-0.4, -0.2) is 4.57 Å². The van der Waals surface area contributed by atoms with Crippen LogP contribution in [0, 0.1) is 0 Å². The van der Waals surface area contributed by atoms with E-state index >= 15 is 0 Å². The quantitative estimate of drug-likeness (QED) is 0.210. The zero-order chi connectivity index (χ0) is 29.5. The Morgan fingerprint density at radius 3 is 1.80 bits per heavy atom. The van der Waals surface area contributed by atoms with Crippen molar-refractivity contribution in [2.24, 2.45) is 0 Å². The highest BCUT2D eigenvalue weighted by atomic mass is 16.3. The van der Waals surface area contributed by atoms with Gasteiger partial charge in [0.15, 0.2) is 5.58 Å². The van der Waals surface area contributed by atoms with E-state index in [0.717, 1.165) is 77.3 Å². The Kier molecular flexibility index (Phi) is 5.00. The number of fused-ring (bicyclic) bond motifs is 10. The summed E-state index contributed by atoms with van der Waals surface area (Å²) in [5.74, 6) is 0. The minimum absolute atomic E-state index is 0.897. The molecule has 0 aliphatic heterocycles. The number of hydrogen-bond acceptors (Lipinski definition) is 2. The molecule has 0 spiro atoms. The lowest BCUT2D eigenvalue weighted by Gasteiger charge is -2.14. The molecule has 0 bridgehead atoms. The predicted molar refractivity (Wildman–Crippen MR) is 186 cm³/mol. The first-order chi connectivity index (χ1) is 22.3. The van der Waals surface area contributed by atoms with Crippen LogP contribution in [0.1, 0.15) is 0 Å². The molecule has 7 aromatic carbocycles. The largest absolute Gasteiger partial charge is 0.456 e. The van der Waals surface area contributed by atoms with Crippen LogP contribution in [0.4, 0.5) is 0 Å². The Morgan fingerprint density at radius 2 is 0.978 bits per heavy atom. The summed E-state index contributed by atoms with van der Waals surface area (Å²) in [5, 5.41) is 6.88. The number of furan rings is 2. The zero-order valence-corrected chi connectivity index (χ0v) is 24.2. The van der Waals surface area contributed by atoms with Gasteiger partial charge < -0.3 is 13.4 Å². The number of para-hydroxylation sites is 3. The van der Waals surface area contributed by atoms with Gasteiger partial charge in [-0.05, 0) is 76.9 Å². The van der Waals surface area contributed by atoms with Crippen LogP contribution in [0.25, 0.3) is 93.6 Å². The number of benzene rings is 7. The lowest BCUT2D eigenvalue weighted by atomic mass is 9.97. The van der Waals surface area contributed by atoms with Crippen molar-refractivity contribution in [1.29, 1.82) is 0 Å². The van der Waals surface area contributed by atoms with Crippen LogP contribution in [0.3, 0.4) is 0 Å². The minimum Gasteiger partial charge on any atom is -0.456 e. The summed E-state index contributed by atoms with van der Waals surface area (Å²) in [5.41, 5.74) is 11.5. The van der Waals surface area contributed by atoms with Crippen molar-refractivity contribution < 1.29 is 8.83 Å². The van der Waals surface area contributed by atoms with Crippen LogP contribution in [0.15, 0.2) is 160 Å². The van der Waals surface area contributed by atoms with Gasteiger partial charge in [-0.1, -0.05) is 97.1 Å². The molecule has 0 amide bonds. The Morgan fingerprint density at radius 1 is 0.356 bits per heavy atom. The molecular weight excluding hydrogens is 550 g/mol. The van der Waals surface area contributed by atoms with E-state index in [1.54, 1.807) is 0 Å². The summed E-state index contributed by atoms with van der Waals surface area (Å²) in [6, 6.07) is 53.7. The van der Waals surface area contributed by atoms with Gasteiger partial charge in [0.25, 0.3) is 0 Å². The molecule has 0 aliphatic rings. The average molecular weight is 576 g/mol. The van der Waals surface area contributed by atoms with Crippen LogP contribution < -0.4 is 0 Å². The van der Waals surface area contributed by atoms with Crippen LogP contribution >= 0.6 is 0 Å². The van der Waals surface area contributed by atoms with E-state index in [9.17, 15) is 0 Å². The van der Waals surface area contributed by atoms with Crippen LogP contribution in [0.2, 0.25) is 0 Å². The van der Waals surface area contributed by atoms with Gasteiger partial charge in [0.2, 0.25) is 0 Å². The van der Waals surface area contributed by atoms with Gasteiger partial charge >= 0.3 is 0 Å². The Bertz CT molecular complexity index is 2760. The second-order valence-electron chi connectivity index (χ2n) is 11.7. The summed E-state index contributed by atoms with van der Waals surface area (Å²) >= 11 is 0. The SMILES string of the molecule is c1ccc(-c2cc(-c3ccc4oc5ccccc5c4c3)cc(-n3c4ccccc4c4ccc5c6ccccc6oc5c43)c2)cc1. The second-order valence-corrected chi connectivity index (χ2v) is 11.7. The van der Waals surface area contributed by atoms with Gasteiger partial charge in [-0.25, -0.2) is 0 Å². The van der Waals surface area contributed by atoms with E-state index < -0.39 is 0 Å². The lowest BCUT2D eigenvalue weighted by Crippen LogP contribution is -1.96. The Balaban J connectivity index is 1.31. The van der Waals surface area contributed by atoms with Gasteiger partial charge in [-0.2, -0.15) is 0 Å². The van der Waals surface area contributed by atoms with Gasteiger partial charge in [0, 0.05) is 38.0 Å². The highest BCUT2D eigenvalue weighted by Crippen LogP contribution is 2.42. The molecule has 210 valence electrons. The van der Waals surface area contributed by atoms with Crippen molar-refractivity contribution in [2.75, 3.05) is 0 Å². The van der Waals surface area contributed by atoms with E-state index in [-0.39, 0.29) is 0 Å². The van der Waals surface area contributed by atoms with E-state index in [1.807, 2.05) is 18.2 Å². The number of nitrogens with zero attached hydrogens (tertiary/aromatic N) is 1. The fraction of sp³-hybridized carbons (Fsp3) is 0. The summed E-state index contributed by atoms with van der Waals surface area (Å²) in [6.07, 6.45) is 0. The second kappa shape index (κ2) is 9.22. The third-order valence-corrected chi connectivity index (χ3v) is 9.17. The normalized spacial score (nSPS) is 12.0.